The standard InChI is InChI=1S/C11H13ClFNO4S/c1-11(2,6-10(15)16)14-19(17,18)9-5-7(13)3-4-8(9)12/h3-5,14H,6H2,1-2H3,(H,15,16). The number of carbonyl (C=O) groups is 1. The lowest BCUT2D eigenvalue weighted by Gasteiger charge is -2.24. The minimum Gasteiger partial charge on any atom is -0.481 e. The minimum atomic E-state index is -4.10. The van der Waals surface area contributed by atoms with Crippen molar-refractivity contribution in [3.8, 4) is 0 Å². The number of carboxylic acids is 1. The van der Waals surface area contributed by atoms with Gasteiger partial charge in [-0.25, -0.2) is 17.5 Å². The number of hydrogen-bond donors (Lipinski definition) is 2. The molecule has 0 atom stereocenters. The largest absolute Gasteiger partial charge is 0.481 e. The number of aliphatic carboxylic acids is 1. The Kier molecular flexibility index (Phi) is 4.54. The number of rotatable bonds is 5. The van der Waals surface area contributed by atoms with Gasteiger partial charge >= 0.3 is 5.97 Å². The maximum atomic E-state index is 13.1. The molecular formula is C11H13ClFNO4S. The molecule has 0 fully saturated rings. The summed E-state index contributed by atoms with van der Waals surface area (Å²) in [4.78, 5) is 10.2. The van der Waals surface area contributed by atoms with Gasteiger partial charge in [-0.2, -0.15) is 0 Å². The maximum absolute atomic E-state index is 13.1. The van der Waals surface area contributed by atoms with Gasteiger partial charge in [0.2, 0.25) is 10.0 Å². The van der Waals surface area contributed by atoms with Gasteiger partial charge in [-0.3, -0.25) is 4.79 Å². The predicted molar refractivity (Wildman–Crippen MR) is 68.1 cm³/mol. The highest BCUT2D eigenvalue weighted by Gasteiger charge is 2.30. The molecule has 0 saturated heterocycles. The Hall–Kier alpha value is -1.18. The van der Waals surface area contributed by atoms with E-state index in [4.69, 9.17) is 16.7 Å². The van der Waals surface area contributed by atoms with Crippen molar-refractivity contribution in [3.05, 3.63) is 29.0 Å². The Morgan fingerprint density at radius 1 is 1.47 bits per heavy atom. The van der Waals surface area contributed by atoms with Crippen molar-refractivity contribution in [1.29, 1.82) is 0 Å². The molecule has 2 N–H and O–H groups in total. The molecule has 0 saturated carbocycles. The molecule has 0 bridgehead atoms. The van der Waals surface area contributed by atoms with E-state index in [0.717, 1.165) is 18.2 Å². The molecule has 0 aliphatic carbocycles. The van der Waals surface area contributed by atoms with Gasteiger partial charge in [0.05, 0.1) is 11.4 Å². The number of sulfonamides is 1. The normalized spacial score (nSPS) is 12.4. The van der Waals surface area contributed by atoms with Crippen LogP contribution in [0.3, 0.4) is 0 Å². The first-order chi connectivity index (χ1) is 8.53. The highest BCUT2D eigenvalue weighted by atomic mass is 35.5. The van der Waals surface area contributed by atoms with Gasteiger partial charge in [0.25, 0.3) is 0 Å². The van der Waals surface area contributed by atoms with Crippen molar-refractivity contribution in [2.24, 2.45) is 0 Å². The van der Waals surface area contributed by atoms with E-state index in [1.165, 1.54) is 13.8 Å². The summed E-state index contributed by atoms with van der Waals surface area (Å²) >= 11 is 5.71. The van der Waals surface area contributed by atoms with Crippen LogP contribution in [0.25, 0.3) is 0 Å². The molecule has 0 amide bonds. The second-order valence-electron chi connectivity index (χ2n) is 4.63. The smallest absolute Gasteiger partial charge is 0.305 e. The SMILES string of the molecule is CC(C)(CC(=O)O)NS(=O)(=O)c1cc(F)ccc1Cl. The molecule has 106 valence electrons. The molecule has 1 aromatic rings. The van der Waals surface area contributed by atoms with Crippen LogP contribution in [-0.4, -0.2) is 25.0 Å². The third-order valence-corrected chi connectivity index (χ3v) is 4.37. The zero-order chi connectivity index (χ0) is 14.8. The summed E-state index contributed by atoms with van der Waals surface area (Å²) in [5.41, 5.74) is -1.22. The van der Waals surface area contributed by atoms with Crippen LogP contribution < -0.4 is 4.72 Å². The van der Waals surface area contributed by atoms with Gasteiger partial charge in [0.1, 0.15) is 10.7 Å². The molecule has 8 heteroatoms. The summed E-state index contributed by atoms with van der Waals surface area (Å²) in [5, 5.41) is 8.56. The summed E-state index contributed by atoms with van der Waals surface area (Å²) in [7, 11) is -4.10. The fourth-order valence-electron chi connectivity index (χ4n) is 1.52. The van der Waals surface area contributed by atoms with E-state index >= 15 is 0 Å². The average molecular weight is 310 g/mol. The lowest BCUT2D eigenvalue weighted by Crippen LogP contribution is -2.44. The van der Waals surface area contributed by atoms with Crippen LogP contribution in [0, 0.1) is 5.82 Å². The first-order valence-corrected chi connectivity index (χ1v) is 7.10. The van der Waals surface area contributed by atoms with Crippen LogP contribution in [0.15, 0.2) is 23.1 Å². The summed E-state index contributed by atoms with van der Waals surface area (Å²) in [6, 6.07) is 2.93. The highest BCUT2D eigenvalue weighted by molar-refractivity contribution is 7.89. The number of benzene rings is 1. The van der Waals surface area contributed by atoms with Crippen LogP contribution in [0.1, 0.15) is 20.3 Å². The Labute approximate surface area is 115 Å². The number of hydrogen-bond acceptors (Lipinski definition) is 3. The fraction of sp³-hybridized carbons (Fsp3) is 0.364. The van der Waals surface area contributed by atoms with Crippen LogP contribution >= 0.6 is 11.6 Å². The van der Waals surface area contributed by atoms with Crippen molar-refractivity contribution >= 4 is 27.6 Å². The highest BCUT2D eigenvalue weighted by Crippen LogP contribution is 2.24. The first-order valence-electron chi connectivity index (χ1n) is 5.24. The van der Waals surface area contributed by atoms with Crippen LogP contribution in [0.5, 0.6) is 0 Å². The molecular weight excluding hydrogens is 297 g/mol. The van der Waals surface area contributed by atoms with Crippen LogP contribution in [0.2, 0.25) is 5.02 Å². The molecule has 0 spiro atoms. The van der Waals surface area contributed by atoms with E-state index in [2.05, 4.69) is 4.72 Å². The number of halogens is 2. The van der Waals surface area contributed by atoms with Gasteiger partial charge in [-0.15, -0.1) is 0 Å². The number of nitrogens with one attached hydrogen (secondary N) is 1. The van der Waals surface area contributed by atoms with E-state index < -0.39 is 38.7 Å². The van der Waals surface area contributed by atoms with Crippen molar-refractivity contribution in [1.82, 2.24) is 4.72 Å². The third kappa shape index (κ3) is 4.45. The van der Waals surface area contributed by atoms with E-state index in [1.54, 1.807) is 0 Å². The second-order valence-corrected chi connectivity index (χ2v) is 6.69. The Morgan fingerprint density at radius 2 is 2.05 bits per heavy atom. The molecule has 0 radical (unpaired) electrons. The van der Waals surface area contributed by atoms with Crippen molar-refractivity contribution < 1.29 is 22.7 Å². The third-order valence-electron chi connectivity index (χ3n) is 2.19. The fourth-order valence-corrected chi connectivity index (χ4v) is 3.44. The van der Waals surface area contributed by atoms with Gasteiger partial charge in [0, 0.05) is 5.54 Å². The quantitative estimate of drug-likeness (QED) is 0.871. The lowest BCUT2D eigenvalue weighted by molar-refractivity contribution is -0.138. The lowest BCUT2D eigenvalue weighted by atomic mass is 10.0. The molecule has 19 heavy (non-hydrogen) atoms. The molecule has 1 aromatic carbocycles. The van der Waals surface area contributed by atoms with E-state index in [9.17, 15) is 17.6 Å². The number of carboxylic acid groups (broad SMARTS) is 1. The van der Waals surface area contributed by atoms with E-state index in [-0.39, 0.29) is 5.02 Å². The summed E-state index contributed by atoms with van der Waals surface area (Å²) < 4.78 is 39.4. The Morgan fingerprint density at radius 3 is 2.58 bits per heavy atom. The van der Waals surface area contributed by atoms with Crippen molar-refractivity contribution in [2.45, 2.75) is 30.7 Å². The topological polar surface area (TPSA) is 83.5 Å². The summed E-state index contributed by atoms with van der Waals surface area (Å²) in [6.07, 6.45) is -0.417. The van der Waals surface area contributed by atoms with Gasteiger partial charge < -0.3 is 5.11 Å². The Balaban J connectivity index is 3.11. The monoisotopic (exact) mass is 309 g/mol. The molecule has 0 aliphatic heterocycles. The average Bonchev–Trinajstić information content (AvgIpc) is 2.17. The maximum Gasteiger partial charge on any atom is 0.305 e. The zero-order valence-electron chi connectivity index (χ0n) is 10.3. The van der Waals surface area contributed by atoms with Crippen LogP contribution in [-0.2, 0) is 14.8 Å². The minimum absolute atomic E-state index is 0.139. The molecule has 0 aliphatic rings. The summed E-state index contributed by atoms with van der Waals surface area (Å²) in [5.74, 6) is -1.90. The molecule has 0 aromatic heterocycles. The molecule has 0 heterocycles. The molecule has 5 nitrogen and oxygen atoms in total. The zero-order valence-corrected chi connectivity index (χ0v) is 11.8. The van der Waals surface area contributed by atoms with Gasteiger partial charge in [-0.05, 0) is 32.0 Å². The van der Waals surface area contributed by atoms with Gasteiger partial charge in [0.15, 0.2) is 0 Å². The first kappa shape index (κ1) is 15.9. The Bertz CT molecular complexity index is 601. The second kappa shape index (κ2) is 5.44. The molecule has 1 rings (SSSR count). The summed E-state index contributed by atoms with van der Waals surface area (Å²) in [6.45, 7) is 2.82. The van der Waals surface area contributed by atoms with Crippen molar-refractivity contribution in [3.63, 3.8) is 0 Å². The predicted octanol–water partition coefficient (Wildman–Crippen LogP) is 2.01. The van der Waals surface area contributed by atoms with Gasteiger partial charge in [-0.1, -0.05) is 11.6 Å². The molecule has 0 unspecified atom stereocenters. The van der Waals surface area contributed by atoms with E-state index in [0.29, 0.717) is 0 Å². The van der Waals surface area contributed by atoms with E-state index in [1.807, 2.05) is 0 Å². The van der Waals surface area contributed by atoms with Crippen molar-refractivity contribution in [2.75, 3.05) is 0 Å². The van der Waals surface area contributed by atoms with Crippen LogP contribution in [0.4, 0.5) is 4.39 Å².